The van der Waals surface area contributed by atoms with Crippen molar-refractivity contribution in [1.29, 1.82) is 0 Å². The molecule has 0 aromatic heterocycles. The molecule has 2 rings (SSSR count). The molecule has 1 heterocycles. The first-order valence-corrected chi connectivity index (χ1v) is 10.2. The van der Waals surface area contributed by atoms with Gasteiger partial charge in [0, 0.05) is 24.3 Å². The summed E-state index contributed by atoms with van der Waals surface area (Å²) in [6.45, 7) is 3.71. The molecule has 1 fully saturated rings. The van der Waals surface area contributed by atoms with Gasteiger partial charge >= 0.3 is 0 Å². The second-order valence-corrected chi connectivity index (χ2v) is 8.46. The molecule has 5 nitrogen and oxygen atoms in total. The molecule has 1 aromatic rings. The van der Waals surface area contributed by atoms with Gasteiger partial charge in [0.05, 0.1) is 6.54 Å². The number of rotatable bonds is 6. The molecule has 1 aromatic carbocycles. The molecule has 24 heavy (non-hydrogen) atoms. The Morgan fingerprint density at radius 3 is 2.71 bits per heavy atom. The van der Waals surface area contributed by atoms with Crippen molar-refractivity contribution in [2.24, 2.45) is 5.92 Å². The van der Waals surface area contributed by atoms with E-state index >= 15 is 0 Å². The number of likely N-dealkylation sites (tertiary alicyclic amines) is 1. The molecule has 0 saturated carbocycles. The molecular formula is C18H26N2O3S. The van der Waals surface area contributed by atoms with Crippen molar-refractivity contribution in [3.8, 4) is 0 Å². The van der Waals surface area contributed by atoms with Crippen molar-refractivity contribution in [1.82, 2.24) is 10.2 Å². The zero-order chi connectivity index (χ0) is 17.6. The fourth-order valence-electron chi connectivity index (χ4n) is 3.04. The van der Waals surface area contributed by atoms with Crippen LogP contribution in [-0.4, -0.2) is 45.1 Å². The number of piperidine rings is 1. The minimum absolute atomic E-state index is 0.0800. The third kappa shape index (κ3) is 6.09. The average molecular weight is 350 g/mol. The average Bonchev–Trinajstić information content (AvgIpc) is 2.53. The Kier molecular flexibility index (Phi) is 6.57. The summed E-state index contributed by atoms with van der Waals surface area (Å²) in [7, 11) is -3.14. The van der Waals surface area contributed by atoms with Gasteiger partial charge in [-0.05, 0) is 30.9 Å². The predicted molar refractivity (Wildman–Crippen MR) is 96.1 cm³/mol. The van der Waals surface area contributed by atoms with Gasteiger partial charge in [0.15, 0.2) is 9.84 Å². The SMILES string of the molecule is C[C@@H]1CCN(CC(=O)NC/C=C/S(C)(=O)=O)[C@H](c2ccccc2)C1. The first-order chi connectivity index (χ1) is 11.3. The highest BCUT2D eigenvalue weighted by atomic mass is 32.2. The first kappa shape index (κ1) is 18.7. The smallest absolute Gasteiger partial charge is 0.234 e. The van der Waals surface area contributed by atoms with E-state index in [-0.39, 0.29) is 18.5 Å². The van der Waals surface area contributed by atoms with E-state index in [1.807, 2.05) is 18.2 Å². The monoisotopic (exact) mass is 350 g/mol. The van der Waals surface area contributed by atoms with E-state index in [0.717, 1.165) is 31.1 Å². The molecule has 0 spiro atoms. The van der Waals surface area contributed by atoms with Gasteiger partial charge in [-0.1, -0.05) is 43.3 Å². The lowest BCUT2D eigenvalue weighted by Crippen LogP contribution is -2.43. The predicted octanol–water partition coefficient (Wildman–Crippen LogP) is 2.13. The number of amides is 1. The lowest BCUT2D eigenvalue weighted by atomic mass is 9.88. The summed E-state index contributed by atoms with van der Waals surface area (Å²) in [4.78, 5) is 14.4. The van der Waals surface area contributed by atoms with Crippen LogP contribution in [0, 0.1) is 5.92 Å². The fraction of sp³-hybridized carbons (Fsp3) is 0.500. The Hall–Kier alpha value is -1.66. The molecule has 6 heteroatoms. The topological polar surface area (TPSA) is 66.5 Å². The van der Waals surface area contributed by atoms with Crippen molar-refractivity contribution in [2.45, 2.75) is 25.8 Å². The molecular weight excluding hydrogens is 324 g/mol. The molecule has 0 radical (unpaired) electrons. The Bertz CT molecular complexity index is 671. The lowest BCUT2D eigenvalue weighted by Gasteiger charge is -2.38. The molecule has 132 valence electrons. The van der Waals surface area contributed by atoms with E-state index in [2.05, 4.69) is 29.3 Å². The quantitative estimate of drug-likeness (QED) is 0.853. The first-order valence-electron chi connectivity index (χ1n) is 8.27. The summed E-state index contributed by atoms with van der Waals surface area (Å²) in [5.41, 5.74) is 1.24. The van der Waals surface area contributed by atoms with Crippen LogP contribution in [0.4, 0.5) is 0 Å². The standard InChI is InChI=1S/C18H26N2O3S/c1-15-9-11-20(17(13-15)16-7-4-3-5-8-16)14-18(21)19-10-6-12-24(2,22)23/h3-8,12,15,17H,9-11,13-14H2,1-2H3,(H,19,21)/b12-6+/t15-,17+/m1/s1. The van der Waals surface area contributed by atoms with Crippen LogP contribution in [0.2, 0.25) is 0 Å². The van der Waals surface area contributed by atoms with Crippen LogP contribution < -0.4 is 5.32 Å². The number of hydrogen-bond acceptors (Lipinski definition) is 4. The second-order valence-electron chi connectivity index (χ2n) is 6.53. The molecule has 1 saturated heterocycles. The maximum absolute atomic E-state index is 12.2. The van der Waals surface area contributed by atoms with Crippen LogP contribution in [0.5, 0.6) is 0 Å². The highest BCUT2D eigenvalue weighted by Gasteiger charge is 2.28. The van der Waals surface area contributed by atoms with Crippen LogP contribution in [0.3, 0.4) is 0 Å². The molecule has 0 aliphatic carbocycles. The largest absolute Gasteiger partial charge is 0.351 e. The maximum Gasteiger partial charge on any atom is 0.234 e. The minimum Gasteiger partial charge on any atom is -0.351 e. The normalized spacial score (nSPS) is 22.6. The molecule has 1 aliphatic rings. The van der Waals surface area contributed by atoms with Gasteiger partial charge in [0.25, 0.3) is 0 Å². The third-order valence-electron chi connectivity index (χ3n) is 4.27. The number of carbonyl (C=O) groups excluding carboxylic acids is 1. The Labute approximate surface area is 144 Å². The summed E-state index contributed by atoms with van der Waals surface area (Å²) in [6, 6.07) is 10.5. The summed E-state index contributed by atoms with van der Waals surface area (Å²) in [5.74, 6) is 0.566. The summed E-state index contributed by atoms with van der Waals surface area (Å²) in [5, 5.41) is 3.87. The van der Waals surface area contributed by atoms with Crippen molar-refractivity contribution in [2.75, 3.05) is 25.9 Å². The molecule has 2 atom stereocenters. The number of carbonyl (C=O) groups is 1. The Balaban J connectivity index is 1.93. The number of nitrogens with zero attached hydrogens (tertiary/aromatic N) is 1. The van der Waals surface area contributed by atoms with E-state index in [1.165, 1.54) is 11.6 Å². The van der Waals surface area contributed by atoms with Crippen LogP contribution in [0.15, 0.2) is 41.8 Å². The van der Waals surface area contributed by atoms with Gasteiger partial charge in [0.2, 0.25) is 5.91 Å². The highest BCUT2D eigenvalue weighted by molar-refractivity contribution is 7.93. The van der Waals surface area contributed by atoms with Crippen molar-refractivity contribution in [3.63, 3.8) is 0 Å². The lowest BCUT2D eigenvalue weighted by molar-refractivity contribution is -0.123. The van der Waals surface area contributed by atoms with Gasteiger partial charge in [0.1, 0.15) is 0 Å². The van der Waals surface area contributed by atoms with Crippen LogP contribution in [0.25, 0.3) is 0 Å². The number of hydrogen-bond donors (Lipinski definition) is 1. The Morgan fingerprint density at radius 2 is 2.04 bits per heavy atom. The van der Waals surface area contributed by atoms with Crippen molar-refractivity contribution >= 4 is 15.7 Å². The number of nitrogens with one attached hydrogen (secondary N) is 1. The summed E-state index contributed by atoms with van der Waals surface area (Å²) >= 11 is 0. The zero-order valence-corrected chi connectivity index (χ0v) is 15.1. The van der Waals surface area contributed by atoms with Crippen molar-refractivity contribution in [3.05, 3.63) is 47.4 Å². The highest BCUT2D eigenvalue weighted by Crippen LogP contribution is 2.33. The van der Waals surface area contributed by atoms with E-state index in [9.17, 15) is 13.2 Å². The number of sulfone groups is 1. The van der Waals surface area contributed by atoms with Crippen molar-refractivity contribution < 1.29 is 13.2 Å². The van der Waals surface area contributed by atoms with Crippen LogP contribution >= 0.6 is 0 Å². The third-order valence-corrected chi connectivity index (χ3v) is 4.95. The molecule has 0 unspecified atom stereocenters. The van der Waals surface area contributed by atoms with E-state index in [4.69, 9.17) is 0 Å². The van der Waals surface area contributed by atoms with E-state index in [1.54, 1.807) is 0 Å². The van der Waals surface area contributed by atoms with Gasteiger partial charge < -0.3 is 5.32 Å². The summed E-state index contributed by atoms with van der Waals surface area (Å²) < 4.78 is 22.0. The summed E-state index contributed by atoms with van der Waals surface area (Å²) in [6.07, 6.45) is 4.72. The zero-order valence-electron chi connectivity index (χ0n) is 14.3. The van der Waals surface area contributed by atoms with Gasteiger partial charge in [-0.2, -0.15) is 0 Å². The van der Waals surface area contributed by atoms with E-state index < -0.39 is 9.84 Å². The van der Waals surface area contributed by atoms with Gasteiger partial charge in [-0.25, -0.2) is 8.42 Å². The van der Waals surface area contributed by atoms with Crippen LogP contribution in [0.1, 0.15) is 31.4 Å². The molecule has 1 aliphatic heterocycles. The maximum atomic E-state index is 12.2. The van der Waals surface area contributed by atoms with Crippen LogP contribution in [-0.2, 0) is 14.6 Å². The van der Waals surface area contributed by atoms with Gasteiger partial charge in [-0.15, -0.1) is 0 Å². The van der Waals surface area contributed by atoms with Gasteiger partial charge in [-0.3, -0.25) is 9.69 Å². The number of benzene rings is 1. The molecule has 0 bridgehead atoms. The fourth-order valence-corrected chi connectivity index (χ4v) is 3.48. The molecule has 1 amide bonds. The second kappa shape index (κ2) is 8.44. The Morgan fingerprint density at radius 1 is 1.33 bits per heavy atom. The molecule has 1 N–H and O–H groups in total. The minimum atomic E-state index is -3.14. The van der Waals surface area contributed by atoms with E-state index in [0.29, 0.717) is 12.5 Å².